The van der Waals surface area contributed by atoms with Crippen LogP contribution < -0.4 is 21.0 Å². The molecule has 10 nitrogen and oxygen atoms in total. The number of fused-ring (bicyclic) bond motifs is 1. The fourth-order valence-corrected chi connectivity index (χ4v) is 13.4. The first-order valence-corrected chi connectivity index (χ1v) is 30.7. The number of hydrogen-bond acceptors (Lipinski definition) is 9. The number of rotatable bonds is 25. The number of alkyl halides is 3. The summed E-state index contributed by atoms with van der Waals surface area (Å²) in [6.45, 7) is 40.0. The van der Waals surface area contributed by atoms with Crippen molar-refractivity contribution in [3.05, 3.63) is 122 Å². The first-order valence-electron chi connectivity index (χ1n) is 30.7. The second kappa shape index (κ2) is 27.8. The smallest absolute Gasteiger partial charge is 0.392 e. The van der Waals surface area contributed by atoms with Gasteiger partial charge in [-0.2, -0.15) is 13.2 Å². The van der Waals surface area contributed by atoms with Gasteiger partial charge in [0.25, 0.3) is 0 Å². The molecule has 3 aliphatic heterocycles. The minimum Gasteiger partial charge on any atom is -0.392 e. The molecule has 438 valence electrons. The Morgan fingerprint density at radius 1 is 0.900 bits per heavy atom. The van der Waals surface area contributed by atoms with E-state index in [2.05, 4.69) is 132 Å². The number of piperazine rings is 1. The maximum Gasteiger partial charge on any atom is 0.406 e. The summed E-state index contributed by atoms with van der Waals surface area (Å²) in [5, 5.41) is 10.1. The lowest BCUT2D eigenvalue weighted by molar-refractivity contribution is -0.139. The molecule has 2 aromatic heterocycles. The van der Waals surface area contributed by atoms with Gasteiger partial charge in [0, 0.05) is 92.8 Å². The highest BCUT2D eigenvalue weighted by molar-refractivity contribution is 5.95. The number of pyridine rings is 1. The highest BCUT2D eigenvalue weighted by atomic mass is 19.4. The lowest BCUT2D eigenvalue weighted by Crippen LogP contribution is -2.51. The molecule has 80 heavy (non-hydrogen) atoms. The minimum absolute atomic E-state index is 0.00527. The molecule has 5 aliphatic rings. The van der Waals surface area contributed by atoms with Crippen molar-refractivity contribution in [1.82, 2.24) is 45.3 Å². The van der Waals surface area contributed by atoms with Crippen LogP contribution in [-0.2, 0) is 19.4 Å². The molecular formula is C67H99F3N10. The van der Waals surface area contributed by atoms with Gasteiger partial charge in [-0.1, -0.05) is 104 Å². The average molecular weight is 1100 g/mol. The lowest BCUT2D eigenvalue weighted by atomic mass is 9.80. The van der Waals surface area contributed by atoms with Gasteiger partial charge in [-0.05, 0) is 168 Å². The Balaban J connectivity index is 0.00000161. The summed E-state index contributed by atoms with van der Waals surface area (Å²) in [4.78, 5) is 15.3. The summed E-state index contributed by atoms with van der Waals surface area (Å²) in [6.07, 6.45) is 15.2. The van der Waals surface area contributed by atoms with E-state index in [0.717, 1.165) is 148 Å². The average Bonchev–Trinajstić information content (AvgIpc) is 3.94. The number of allylic oxidation sites excluding steroid dienone is 1. The van der Waals surface area contributed by atoms with E-state index >= 15 is 13.2 Å². The molecule has 2 aliphatic carbocycles. The minimum atomic E-state index is -4.45. The van der Waals surface area contributed by atoms with Gasteiger partial charge in [-0.15, -0.1) is 6.58 Å². The van der Waals surface area contributed by atoms with Gasteiger partial charge in [0.1, 0.15) is 6.54 Å². The van der Waals surface area contributed by atoms with Gasteiger partial charge in [0.2, 0.25) is 0 Å². The van der Waals surface area contributed by atoms with Crippen LogP contribution in [-0.4, -0.2) is 133 Å². The number of nitrogens with one attached hydrogen (secondary N) is 3. The molecule has 5 heterocycles. The third kappa shape index (κ3) is 15.7. The Kier molecular flexibility index (Phi) is 21.2. The van der Waals surface area contributed by atoms with E-state index in [4.69, 9.17) is 18.1 Å². The van der Waals surface area contributed by atoms with Crippen LogP contribution in [0.5, 0.6) is 0 Å². The molecule has 5 fully saturated rings. The molecule has 4 aromatic rings. The van der Waals surface area contributed by atoms with Gasteiger partial charge in [0.15, 0.2) is 0 Å². The second-order valence-corrected chi connectivity index (χ2v) is 25.1. The standard InChI is InChI=1S/C63H90F3N9.C4H9N/c1-10-12-27-62(7,8)39-56-54-37-51(22-25-58(54)74(43-63(64,65)66)61(56)55-38-53(40-67-59(55)44(3)4)72-33-31-71(32-34-72)52-23-24-52)50-21-17-18-47(35-50)36-57(46(6)75-29-16-15-28-68-75)69-45(5)60(49-19-13-14-20-49)73-30-26-48(42-73)41-70(9)11-2;1-3-5-4-2/h10,17-18,21-22,25,35,37-38,40,44,48-49,52,57,60,68-69H,1,5-6,11-16,19-20,23-24,26-34,36,39,41-43H2,2-4,7-9H3;3,5H,1,4H2,2H3. The number of benzene rings is 2. The van der Waals surface area contributed by atoms with Crippen molar-refractivity contribution < 1.29 is 13.2 Å². The molecule has 3 saturated heterocycles. The van der Waals surface area contributed by atoms with E-state index in [1.54, 1.807) is 10.8 Å². The van der Waals surface area contributed by atoms with Gasteiger partial charge in [-0.25, -0.2) is 5.43 Å². The van der Waals surface area contributed by atoms with Crippen LogP contribution in [0.3, 0.4) is 0 Å². The summed E-state index contributed by atoms with van der Waals surface area (Å²) in [5.41, 5.74) is 13.5. The summed E-state index contributed by atoms with van der Waals surface area (Å²) < 4.78 is 47.0. The first-order chi connectivity index (χ1) is 38.4. The molecule has 3 N–H and O–H groups in total. The summed E-state index contributed by atoms with van der Waals surface area (Å²) in [7, 11) is 2.24. The Morgan fingerprint density at radius 3 is 2.29 bits per heavy atom. The van der Waals surface area contributed by atoms with Crippen molar-refractivity contribution in [3.8, 4) is 22.4 Å². The second-order valence-electron chi connectivity index (χ2n) is 25.1. The van der Waals surface area contributed by atoms with Gasteiger partial charge >= 0.3 is 6.18 Å². The van der Waals surface area contributed by atoms with Crippen LogP contribution in [0.2, 0.25) is 0 Å². The monoisotopic (exact) mass is 1100 g/mol. The van der Waals surface area contributed by atoms with Crippen molar-refractivity contribution in [2.45, 2.75) is 162 Å². The number of likely N-dealkylation sites (tertiary alicyclic amines) is 1. The van der Waals surface area contributed by atoms with Crippen LogP contribution in [0, 0.1) is 17.3 Å². The van der Waals surface area contributed by atoms with Crippen molar-refractivity contribution in [2.75, 3.05) is 83.9 Å². The van der Waals surface area contributed by atoms with E-state index < -0.39 is 12.7 Å². The van der Waals surface area contributed by atoms with E-state index in [1.807, 2.05) is 31.3 Å². The Hall–Kier alpha value is -5.08. The normalized spacial score (nSPS) is 19.6. The van der Waals surface area contributed by atoms with Crippen LogP contribution in [0.1, 0.15) is 135 Å². The first kappa shape index (κ1) is 61.0. The summed E-state index contributed by atoms with van der Waals surface area (Å²) >= 11 is 0. The van der Waals surface area contributed by atoms with Gasteiger partial charge < -0.3 is 30.0 Å². The molecule has 13 heteroatoms. The predicted molar refractivity (Wildman–Crippen MR) is 330 cm³/mol. The van der Waals surface area contributed by atoms with Gasteiger partial charge in [-0.3, -0.25) is 14.8 Å². The SMILES string of the molecule is C=CCCC(C)(C)Cc1c(-c2cc(N3CCN(C4CC4)CC3)cnc2C(C)C)n(CC(F)(F)F)c2ccc(-c3cccc(CC(NC(=C)C(C4CCCC4)N4CCC(CN(C)CC)C4)C(=C)N4CCCCN4)c3)cc12.C=CNCC. The predicted octanol–water partition coefficient (Wildman–Crippen LogP) is 13.6. The van der Waals surface area contributed by atoms with E-state index in [-0.39, 0.29) is 23.4 Å². The quantitative estimate of drug-likeness (QED) is 0.0563. The molecule has 0 spiro atoms. The molecule has 0 amide bonds. The van der Waals surface area contributed by atoms with Crippen LogP contribution >= 0.6 is 0 Å². The van der Waals surface area contributed by atoms with Crippen molar-refractivity contribution >= 4 is 16.6 Å². The Labute approximate surface area is 480 Å². The van der Waals surface area contributed by atoms with E-state index in [1.165, 1.54) is 50.5 Å². The zero-order valence-electron chi connectivity index (χ0n) is 50.1. The Bertz CT molecular complexity index is 2680. The highest BCUT2D eigenvalue weighted by Gasteiger charge is 2.39. The molecule has 2 aromatic carbocycles. The van der Waals surface area contributed by atoms with E-state index in [9.17, 15) is 0 Å². The zero-order chi connectivity index (χ0) is 57.1. The highest BCUT2D eigenvalue weighted by Crippen LogP contribution is 2.45. The third-order valence-electron chi connectivity index (χ3n) is 17.9. The number of hydrogen-bond donors (Lipinski definition) is 3. The summed E-state index contributed by atoms with van der Waals surface area (Å²) in [6, 6.07) is 18.0. The van der Waals surface area contributed by atoms with E-state index in [0.29, 0.717) is 41.9 Å². The number of hydrazine groups is 1. The number of halogens is 3. The van der Waals surface area contributed by atoms with Crippen LogP contribution in [0.25, 0.3) is 33.3 Å². The van der Waals surface area contributed by atoms with Crippen LogP contribution in [0.15, 0.2) is 105 Å². The van der Waals surface area contributed by atoms with Crippen LogP contribution in [0.4, 0.5) is 18.9 Å². The number of anilines is 1. The molecule has 2 saturated carbocycles. The fraction of sp³-hybridized carbons (Fsp3) is 0.597. The maximum absolute atomic E-state index is 15.1. The summed E-state index contributed by atoms with van der Waals surface area (Å²) in [5.74, 6) is 1.24. The molecule has 0 bridgehead atoms. The third-order valence-corrected chi connectivity index (χ3v) is 17.9. The lowest BCUT2D eigenvalue weighted by Gasteiger charge is -2.39. The largest absolute Gasteiger partial charge is 0.406 e. The number of aromatic nitrogens is 2. The van der Waals surface area contributed by atoms with Crippen molar-refractivity contribution in [3.63, 3.8) is 0 Å². The molecule has 3 unspecified atom stereocenters. The molecule has 3 atom stereocenters. The molecule has 9 rings (SSSR count). The van der Waals surface area contributed by atoms with Crippen molar-refractivity contribution in [2.24, 2.45) is 17.3 Å². The van der Waals surface area contributed by atoms with Gasteiger partial charge in [0.05, 0.1) is 35.4 Å². The number of nitrogens with zero attached hydrogens (tertiary/aromatic N) is 7. The van der Waals surface area contributed by atoms with Crippen molar-refractivity contribution in [1.29, 1.82) is 0 Å². The molecular weight excluding hydrogens is 1000 g/mol. The zero-order valence-corrected chi connectivity index (χ0v) is 50.1. The molecule has 0 radical (unpaired) electrons. The Morgan fingerprint density at radius 2 is 1.65 bits per heavy atom. The topological polar surface area (TPSA) is 70.1 Å². The fourth-order valence-electron chi connectivity index (χ4n) is 13.4. The maximum atomic E-state index is 15.1.